The summed E-state index contributed by atoms with van der Waals surface area (Å²) in [6, 6.07) is 30.7. The number of rotatable bonds is 2. The standard InChI is InChI=1S/C20H14I/c1-3-11-17-15(7-1)9-5-13-19(17)21-20-14-6-10-16-8-2-4-12-18(16)20/h1-14H. The molecule has 1 heteroatoms. The van der Waals surface area contributed by atoms with Gasteiger partial charge in [0.25, 0.3) is 0 Å². The summed E-state index contributed by atoms with van der Waals surface area (Å²) in [6.07, 6.45) is 0. The topological polar surface area (TPSA) is 0 Å². The van der Waals surface area contributed by atoms with E-state index in [0.29, 0.717) is 0 Å². The molecule has 0 saturated carbocycles. The van der Waals surface area contributed by atoms with Gasteiger partial charge in [-0.2, -0.15) is 0 Å². The van der Waals surface area contributed by atoms with Crippen LogP contribution in [0.2, 0.25) is 0 Å². The zero-order valence-electron chi connectivity index (χ0n) is 11.5. The van der Waals surface area contributed by atoms with Crippen LogP contribution in [0, 0.1) is 7.14 Å². The lowest BCUT2D eigenvalue weighted by Crippen LogP contribution is -1.83. The number of hydrogen-bond donors (Lipinski definition) is 0. The number of halogens is 1. The Hall–Kier alpha value is -1.87. The van der Waals surface area contributed by atoms with Gasteiger partial charge in [-0.25, -0.2) is 0 Å². The molecular weight excluding hydrogens is 367 g/mol. The summed E-state index contributed by atoms with van der Waals surface area (Å²) in [5.41, 5.74) is 0. The molecular formula is C20H14I. The van der Waals surface area contributed by atoms with Crippen molar-refractivity contribution in [3.05, 3.63) is 92.1 Å². The highest BCUT2D eigenvalue weighted by molar-refractivity contribution is 14.2. The molecule has 0 amide bonds. The average molecular weight is 381 g/mol. The Morgan fingerprint density at radius 1 is 0.429 bits per heavy atom. The molecule has 1 radical (unpaired) electrons. The van der Waals surface area contributed by atoms with Crippen LogP contribution < -0.4 is 0 Å². The molecule has 0 saturated heterocycles. The molecule has 0 bridgehead atoms. The van der Waals surface area contributed by atoms with Gasteiger partial charge in [-0.1, -0.05) is 94.0 Å². The Morgan fingerprint density at radius 2 is 0.857 bits per heavy atom. The van der Waals surface area contributed by atoms with Crippen LogP contribution in [0.4, 0.5) is 0 Å². The first-order valence-electron chi connectivity index (χ1n) is 7.02. The molecule has 0 fully saturated rings. The van der Waals surface area contributed by atoms with Crippen LogP contribution in [0.3, 0.4) is 0 Å². The van der Waals surface area contributed by atoms with Crippen molar-refractivity contribution in [2.75, 3.05) is 0 Å². The molecule has 0 aliphatic rings. The maximum absolute atomic E-state index is 2.29. The lowest BCUT2D eigenvalue weighted by atomic mass is 10.1. The van der Waals surface area contributed by atoms with E-state index in [9.17, 15) is 0 Å². The fourth-order valence-electron chi connectivity index (χ4n) is 2.65. The molecule has 4 aromatic rings. The van der Waals surface area contributed by atoms with E-state index >= 15 is 0 Å². The summed E-state index contributed by atoms with van der Waals surface area (Å²) in [5, 5.41) is 5.49. The van der Waals surface area contributed by atoms with Crippen molar-refractivity contribution in [3.8, 4) is 0 Å². The summed E-state index contributed by atoms with van der Waals surface area (Å²) in [7, 11) is 0. The fraction of sp³-hybridized carbons (Fsp3) is 0. The van der Waals surface area contributed by atoms with Gasteiger partial charge in [0.1, 0.15) is 0 Å². The van der Waals surface area contributed by atoms with Crippen LogP contribution >= 0.6 is 21.2 Å². The molecule has 0 spiro atoms. The van der Waals surface area contributed by atoms with Gasteiger partial charge in [0.05, 0.1) is 0 Å². The molecule has 0 aromatic heterocycles. The van der Waals surface area contributed by atoms with E-state index < -0.39 is 0 Å². The average Bonchev–Trinajstić information content (AvgIpc) is 2.56. The molecule has 21 heavy (non-hydrogen) atoms. The van der Waals surface area contributed by atoms with Crippen LogP contribution in [0.15, 0.2) is 84.9 Å². The van der Waals surface area contributed by atoms with Gasteiger partial charge in [-0.15, -0.1) is 0 Å². The van der Waals surface area contributed by atoms with Gasteiger partial charge in [0, 0.05) is 7.14 Å². The quantitative estimate of drug-likeness (QED) is 0.374. The first-order valence-corrected chi connectivity index (χ1v) is 9.18. The fourth-order valence-corrected chi connectivity index (χ4v) is 5.61. The first kappa shape index (κ1) is 12.8. The molecule has 0 heterocycles. The normalized spacial score (nSPS) is 11.0. The van der Waals surface area contributed by atoms with Crippen molar-refractivity contribution in [2.45, 2.75) is 0 Å². The summed E-state index contributed by atoms with van der Waals surface area (Å²) >= 11 is -0.176. The minimum Gasteiger partial charge on any atom is -0.0762 e. The predicted molar refractivity (Wildman–Crippen MR) is 99.3 cm³/mol. The second-order valence-corrected chi connectivity index (χ2v) is 7.88. The van der Waals surface area contributed by atoms with Gasteiger partial charge in [-0.05, 0) is 33.7 Å². The summed E-state index contributed by atoms with van der Waals surface area (Å²) in [6.45, 7) is 0. The van der Waals surface area contributed by atoms with Gasteiger partial charge in [-0.3, -0.25) is 0 Å². The number of hydrogen-bond acceptors (Lipinski definition) is 0. The zero-order chi connectivity index (χ0) is 14.1. The minimum absolute atomic E-state index is 0.176. The monoisotopic (exact) mass is 381 g/mol. The van der Waals surface area contributed by atoms with E-state index in [0.717, 1.165) is 0 Å². The van der Waals surface area contributed by atoms with E-state index in [4.69, 9.17) is 0 Å². The van der Waals surface area contributed by atoms with E-state index in [1.165, 1.54) is 28.7 Å². The summed E-state index contributed by atoms with van der Waals surface area (Å²) < 4.78 is 3.01. The first-order chi connectivity index (χ1) is 10.4. The van der Waals surface area contributed by atoms with Crippen LogP contribution in [0.5, 0.6) is 0 Å². The predicted octanol–water partition coefficient (Wildman–Crippen LogP) is 6.00. The van der Waals surface area contributed by atoms with Crippen LogP contribution in [-0.4, -0.2) is 0 Å². The van der Waals surface area contributed by atoms with Crippen molar-refractivity contribution >= 4 is 42.7 Å². The molecule has 0 aliphatic heterocycles. The van der Waals surface area contributed by atoms with Gasteiger partial charge < -0.3 is 0 Å². The van der Waals surface area contributed by atoms with Crippen molar-refractivity contribution in [1.29, 1.82) is 0 Å². The van der Waals surface area contributed by atoms with Crippen LogP contribution in [0.1, 0.15) is 0 Å². The van der Waals surface area contributed by atoms with Gasteiger partial charge in [0.15, 0.2) is 0 Å². The van der Waals surface area contributed by atoms with Crippen molar-refractivity contribution in [1.82, 2.24) is 0 Å². The number of fused-ring (bicyclic) bond motifs is 2. The van der Waals surface area contributed by atoms with Gasteiger partial charge in [0.2, 0.25) is 0 Å². The second kappa shape index (κ2) is 5.49. The Kier molecular flexibility index (Phi) is 3.36. The third-order valence-corrected chi connectivity index (χ3v) is 6.72. The molecule has 0 unspecified atom stereocenters. The second-order valence-electron chi connectivity index (χ2n) is 5.02. The third kappa shape index (κ3) is 2.42. The SMILES string of the molecule is c1ccc2c([I]c3cccc4ccccc34)cccc2c1. The Balaban J connectivity index is 1.87. The smallest absolute Gasteiger partial charge is 0.0161 e. The molecule has 0 nitrogen and oxygen atoms in total. The Morgan fingerprint density at radius 3 is 1.38 bits per heavy atom. The van der Waals surface area contributed by atoms with Crippen LogP contribution in [-0.2, 0) is 0 Å². The largest absolute Gasteiger partial charge is 0.0762 e. The minimum atomic E-state index is -0.176. The van der Waals surface area contributed by atoms with E-state index in [2.05, 4.69) is 84.9 Å². The lowest BCUT2D eigenvalue weighted by molar-refractivity contribution is 1.69. The number of benzene rings is 4. The van der Waals surface area contributed by atoms with Crippen molar-refractivity contribution in [2.24, 2.45) is 0 Å². The molecule has 0 aliphatic carbocycles. The Bertz CT molecular complexity index is 837. The van der Waals surface area contributed by atoms with Crippen molar-refractivity contribution in [3.63, 3.8) is 0 Å². The highest BCUT2D eigenvalue weighted by Crippen LogP contribution is 2.36. The molecule has 101 valence electrons. The lowest BCUT2D eigenvalue weighted by Gasteiger charge is -2.09. The molecule has 0 N–H and O–H groups in total. The molecule has 4 rings (SSSR count). The Labute approximate surface area is 134 Å². The van der Waals surface area contributed by atoms with Crippen molar-refractivity contribution < 1.29 is 0 Å². The maximum Gasteiger partial charge on any atom is 0.0161 e. The van der Waals surface area contributed by atoms with Crippen LogP contribution in [0.25, 0.3) is 21.5 Å². The molecule has 4 aromatic carbocycles. The zero-order valence-corrected chi connectivity index (χ0v) is 13.6. The highest BCUT2D eigenvalue weighted by atomic mass is 127. The van der Waals surface area contributed by atoms with Gasteiger partial charge >= 0.3 is 0 Å². The van der Waals surface area contributed by atoms with E-state index in [-0.39, 0.29) is 21.2 Å². The summed E-state index contributed by atoms with van der Waals surface area (Å²) in [4.78, 5) is 0. The van der Waals surface area contributed by atoms with E-state index in [1.54, 1.807) is 0 Å². The highest BCUT2D eigenvalue weighted by Gasteiger charge is 2.05. The van der Waals surface area contributed by atoms with E-state index in [1.807, 2.05) is 0 Å². The molecule has 0 atom stereocenters. The summed E-state index contributed by atoms with van der Waals surface area (Å²) in [5.74, 6) is 0. The maximum atomic E-state index is 2.29. The third-order valence-electron chi connectivity index (χ3n) is 3.68.